The monoisotopic (exact) mass is 299 g/mol. The molecule has 2 N–H and O–H groups in total. The minimum Gasteiger partial charge on any atom is -0.389 e. The van der Waals surface area contributed by atoms with E-state index >= 15 is 0 Å². The topological polar surface area (TPSA) is 84.9 Å². The van der Waals surface area contributed by atoms with Crippen molar-refractivity contribution in [1.82, 2.24) is 5.32 Å². The van der Waals surface area contributed by atoms with Crippen molar-refractivity contribution in [2.24, 2.45) is 0 Å². The number of nitrogens with one attached hydrogen (secondary N) is 1. The van der Waals surface area contributed by atoms with E-state index in [1.54, 1.807) is 12.1 Å². The number of fused-ring (bicyclic) bond motifs is 1. The van der Waals surface area contributed by atoms with Crippen molar-refractivity contribution < 1.29 is 22.4 Å². The first-order chi connectivity index (χ1) is 9.47. The molecule has 1 aromatic rings. The van der Waals surface area contributed by atoms with Gasteiger partial charge in [0, 0.05) is 6.54 Å². The average molecular weight is 299 g/mol. The second-order valence-corrected chi connectivity index (χ2v) is 6.77. The highest BCUT2D eigenvalue weighted by Gasteiger charge is 2.47. The van der Waals surface area contributed by atoms with E-state index in [4.69, 9.17) is 8.92 Å². The van der Waals surface area contributed by atoms with Crippen LogP contribution in [-0.4, -0.2) is 51.0 Å². The van der Waals surface area contributed by atoms with Gasteiger partial charge in [0.2, 0.25) is 0 Å². The number of ether oxygens (including phenoxy) is 1. The van der Waals surface area contributed by atoms with Crippen molar-refractivity contribution in [3.8, 4) is 0 Å². The molecule has 7 heteroatoms. The van der Waals surface area contributed by atoms with Crippen LogP contribution in [0.15, 0.2) is 29.2 Å². The molecular formula is C13H17NO5S. The van der Waals surface area contributed by atoms with Gasteiger partial charge in [-0.1, -0.05) is 17.7 Å². The lowest BCUT2D eigenvalue weighted by molar-refractivity contribution is 0.0278. The summed E-state index contributed by atoms with van der Waals surface area (Å²) >= 11 is 0. The second-order valence-electron chi connectivity index (χ2n) is 5.20. The molecule has 0 saturated carbocycles. The lowest BCUT2D eigenvalue weighted by Gasteiger charge is -2.17. The van der Waals surface area contributed by atoms with Gasteiger partial charge in [-0.3, -0.25) is 4.18 Å². The van der Waals surface area contributed by atoms with Crippen LogP contribution in [0.5, 0.6) is 0 Å². The molecule has 2 fully saturated rings. The van der Waals surface area contributed by atoms with Crippen molar-refractivity contribution in [1.29, 1.82) is 0 Å². The highest BCUT2D eigenvalue weighted by molar-refractivity contribution is 7.86. The van der Waals surface area contributed by atoms with Gasteiger partial charge in [0.1, 0.15) is 12.2 Å². The molecule has 0 bridgehead atoms. The number of hydrogen-bond acceptors (Lipinski definition) is 6. The normalized spacial score (nSPS) is 33.3. The van der Waals surface area contributed by atoms with E-state index < -0.39 is 28.4 Å². The van der Waals surface area contributed by atoms with Gasteiger partial charge in [-0.15, -0.1) is 0 Å². The molecule has 0 aliphatic carbocycles. The molecule has 2 aliphatic heterocycles. The standard InChI is InChI=1S/C13H17NO5S/c1-8-2-4-9(5-3-8)20(16,17)19-11-6-14-12-10(15)7-18-13(11)12/h2-5,10-15H,6-7H2,1H3/t10?,11-,12-,13-/m1/s1. The van der Waals surface area contributed by atoms with Crippen LogP contribution in [0, 0.1) is 6.92 Å². The maximum Gasteiger partial charge on any atom is 0.297 e. The Labute approximate surface area is 117 Å². The van der Waals surface area contributed by atoms with E-state index in [1.807, 2.05) is 6.92 Å². The zero-order valence-electron chi connectivity index (χ0n) is 11.0. The first kappa shape index (κ1) is 14.0. The lowest BCUT2D eigenvalue weighted by Crippen LogP contribution is -2.37. The number of aryl methyl sites for hydroxylation is 1. The van der Waals surface area contributed by atoms with Gasteiger partial charge >= 0.3 is 0 Å². The van der Waals surface area contributed by atoms with Gasteiger partial charge in [0.25, 0.3) is 10.1 Å². The predicted molar refractivity (Wildman–Crippen MR) is 70.8 cm³/mol. The predicted octanol–water partition coefficient (Wildman–Crippen LogP) is -0.200. The van der Waals surface area contributed by atoms with E-state index in [-0.39, 0.29) is 17.5 Å². The number of aliphatic hydroxyl groups is 1. The molecule has 110 valence electrons. The summed E-state index contributed by atoms with van der Waals surface area (Å²) in [5, 5.41) is 12.7. The van der Waals surface area contributed by atoms with Crippen LogP contribution in [0.2, 0.25) is 0 Å². The molecule has 2 heterocycles. The summed E-state index contributed by atoms with van der Waals surface area (Å²) in [6.45, 7) is 2.43. The van der Waals surface area contributed by atoms with Gasteiger partial charge in [0.15, 0.2) is 0 Å². The van der Waals surface area contributed by atoms with E-state index in [1.165, 1.54) is 12.1 Å². The van der Waals surface area contributed by atoms with E-state index in [0.717, 1.165) is 5.56 Å². The number of rotatable bonds is 3. The Morgan fingerprint density at radius 1 is 1.35 bits per heavy atom. The van der Waals surface area contributed by atoms with Crippen LogP contribution in [0.3, 0.4) is 0 Å². The Hall–Kier alpha value is -0.990. The van der Waals surface area contributed by atoms with E-state index in [0.29, 0.717) is 6.54 Å². The molecule has 2 saturated heterocycles. The quantitative estimate of drug-likeness (QED) is 0.752. The van der Waals surface area contributed by atoms with Crippen LogP contribution in [-0.2, 0) is 19.0 Å². The van der Waals surface area contributed by atoms with Crippen LogP contribution < -0.4 is 5.32 Å². The first-order valence-electron chi connectivity index (χ1n) is 6.50. The molecule has 0 radical (unpaired) electrons. The molecule has 3 rings (SSSR count). The fourth-order valence-electron chi connectivity index (χ4n) is 2.61. The van der Waals surface area contributed by atoms with Crippen molar-refractivity contribution in [2.75, 3.05) is 13.2 Å². The van der Waals surface area contributed by atoms with Crippen LogP contribution in [0.1, 0.15) is 5.56 Å². The smallest absolute Gasteiger partial charge is 0.297 e. The Kier molecular flexibility index (Phi) is 3.55. The summed E-state index contributed by atoms with van der Waals surface area (Å²) in [5.74, 6) is 0. The zero-order valence-corrected chi connectivity index (χ0v) is 11.8. The van der Waals surface area contributed by atoms with E-state index in [2.05, 4.69) is 5.32 Å². The van der Waals surface area contributed by atoms with Crippen LogP contribution in [0.25, 0.3) is 0 Å². The first-order valence-corrected chi connectivity index (χ1v) is 7.91. The third-order valence-electron chi connectivity index (χ3n) is 3.71. The van der Waals surface area contributed by atoms with Gasteiger partial charge in [-0.05, 0) is 19.1 Å². The number of benzene rings is 1. The molecule has 1 aromatic carbocycles. The van der Waals surface area contributed by atoms with Crippen LogP contribution in [0.4, 0.5) is 0 Å². The number of aliphatic hydroxyl groups excluding tert-OH is 1. The Bertz CT molecular complexity index is 585. The summed E-state index contributed by atoms with van der Waals surface area (Å²) in [6, 6.07) is 6.24. The van der Waals surface area contributed by atoms with Crippen molar-refractivity contribution in [3.05, 3.63) is 29.8 Å². The summed E-state index contributed by atoms with van der Waals surface area (Å²) in [6.07, 6.45) is -1.65. The van der Waals surface area contributed by atoms with Gasteiger partial charge < -0.3 is 15.2 Å². The SMILES string of the molecule is Cc1ccc(S(=O)(=O)O[C@@H]2CN[C@@H]3C(O)CO[C@@H]32)cc1. The molecule has 1 unspecified atom stereocenters. The number of hydrogen-bond donors (Lipinski definition) is 2. The maximum atomic E-state index is 12.2. The van der Waals surface area contributed by atoms with Crippen molar-refractivity contribution in [2.45, 2.75) is 36.2 Å². The molecule has 20 heavy (non-hydrogen) atoms. The molecule has 0 amide bonds. The highest BCUT2D eigenvalue weighted by atomic mass is 32.2. The summed E-state index contributed by atoms with van der Waals surface area (Å²) < 4.78 is 35.1. The fourth-order valence-corrected chi connectivity index (χ4v) is 3.69. The molecule has 0 aromatic heterocycles. The van der Waals surface area contributed by atoms with Crippen LogP contribution >= 0.6 is 0 Å². The third-order valence-corrected chi connectivity index (χ3v) is 5.06. The van der Waals surface area contributed by atoms with Gasteiger partial charge in [-0.2, -0.15) is 8.42 Å². The summed E-state index contributed by atoms with van der Waals surface area (Å²) in [5.41, 5.74) is 0.980. The third kappa shape index (κ3) is 2.47. The maximum absolute atomic E-state index is 12.2. The lowest BCUT2D eigenvalue weighted by atomic mass is 10.1. The van der Waals surface area contributed by atoms with Gasteiger partial charge in [0.05, 0.1) is 23.6 Å². The second kappa shape index (κ2) is 5.09. The molecule has 4 atom stereocenters. The van der Waals surface area contributed by atoms with Crippen molar-refractivity contribution >= 4 is 10.1 Å². The summed E-state index contributed by atoms with van der Waals surface area (Å²) in [7, 11) is -3.82. The minimum absolute atomic E-state index is 0.130. The minimum atomic E-state index is -3.82. The Morgan fingerprint density at radius 2 is 2.05 bits per heavy atom. The molecule has 6 nitrogen and oxygen atoms in total. The van der Waals surface area contributed by atoms with Crippen molar-refractivity contribution in [3.63, 3.8) is 0 Å². The zero-order chi connectivity index (χ0) is 14.3. The Balaban J connectivity index is 1.76. The fraction of sp³-hybridized carbons (Fsp3) is 0.538. The Morgan fingerprint density at radius 3 is 2.75 bits per heavy atom. The highest BCUT2D eigenvalue weighted by Crippen LogP contribution is 2.27. The largest absolute Gasteiger partial charge is 0.389 e. The molecule has 0 spiro atoms. The van der Waals surface area contributed by atoms with E-state index in [9.17, 15) is 13.5 Å². The van der Waals surface area contributed by atoms with Gasteiger partial charge in [-0.25, -0.2) is 0 Å². The molecule has 2 aliphatic rings. The molecular weight excluding hydrogens is 282 g/mol. The average Bonchev–Trinajstić information content (AvgIpc) is 2.95. The summed E-state index contributed by atoms with van der Waals surface area (Å²) in [4.78, 5) is 0.130.